The molecule has 0 unspecified atom stereocenters. The number of nitrogens with zero attached hydrogens (tertiary/aromatic N) is 9. The van der Waals surface area contributed by atoms with Gasteiger partial charge in [0, 0.05) is 64.3 Å². The van der Waals surface area contributed by atoms with E-state index in [0.29, 0.717) is 30.6 Å². The van der Waals surface area contributed by atoms with E-state index in [-0.39, 0.29) is 54.6 Å². The molecule has 0 amide bonds. The molecule has 12 N–H and O–H groups in total. The molecular weight excluding hydrogens is 1120 g/mol. The number of aliphatic carboxylic acids is 2. The maximum atomic E-state index is 11.3. The molecule has 0 fully saturated rings. The summed E-state index contributed by atoms with van der Waals surface area (Å²) in [6.07, 6.45) is 8.70. The molecule has 0 bridgehead atoms. The van der Waals surface area contributed by atoms with Crippen LogP contribution in [0.1, 0.15) is 39.0 Å². The summed E-state index contributed by atoms with van der Waals surface area (Å²) >= 11 is 0. The van der Waals surface area contributed by atoms with Gasteiger partial charge in [0.2, 0.25) is 9.23 Å². The fraction of sp³-hybridized carbons (Fsp3) is 0.286. The highest BCUT2D eigenvalue weighted by atomic mass is 36.0. The van der Waals surface area contributed by atoms with Gasteiger partial charge in [-0.15, -0.1) is 16.6 Å². The normalized spacial score (nSPS) is 10.4. The molecule has 5 rings (SSSR count). The van der Waals surface area contributed by atoms with Crippen LogP contribution in [0.3, 0.4) is 0 Å². The van der Waals surface area contributed by atoms with Crippen LogP contribution < -0.4 is 54.4 Å². The van der Waals surface area contributed by atoms with E-state index in [1.54, 1.807) is 54.5 Å². The number of aromatic nitrogens is 6. The third kappa shape index (κ3) is 32.0. The molecule has 75 heavy (non-hydrogen) atoms. The lowest BCUT2D eigenvalue weighted by atomic mass is 10.1. The topological polar surface area (TPSA) is 410 Å². The number of ether oxygens (including phenoxy) is 4. The van der Waals surface area contributed by atoms with Crippen LogP contribution in [0.4, 0.5) is 10.1 Å². The highest BCUT2D eigenvalue weighted by Gasteiger charge is 2.19. The van der Waals surface area contributed by atoms with Crippen molar-refractivity contribution in [1.82, 2.24) is 30.0 Å². The SMILES string of the molecule is C#CC(=O)OC.CO.COC(=O)c1cn(-c2ccc(C[C@H]([NH3+])C(=O)O)cc2)nn1.COC(=O)c1cn(-c2ccc(C[C@H]([NH3+])C(=O)OC)cc2)nn1.O=S(Cl)Cl.[2H]CF.[Cl-].[Cl-].[Cl-].[N-]=[N+]=Nc1ccc(C[C@H]([NH3+])C(=O)O)cc1. The Morgan fingerprint density at radius 1 is 0.720 bits per heavy atom. The molecule has 414 valence electrons. The first-order valence-electron chi connectivity index (χ1n) is 20.3. The first-order valence-corrected chi connectivity index (χ1v) is 22.4. The molecule has 0 saturated heterocycles. The second-order valence-corrected chi connectivity index (χ2v) is 15.5. The third-order valence-electron chi connectivity index (χ3n) is 8.26. The van der Waals surface area contributed by atoms with E-state index >= 15 is 0 Å². The molecule has 0 aliphatic rings. The van der Waals surface area contributed by atoms with Gasteiger partial charge in [0.15, 0.2) is 29.5 Å². The Kier molecular flexibility index (Phi) is 44.2. The van der Waals surface area contributed by atoms with Gasteiger partial charge in [-0.2, -0.15) is 0 Å². The molecule has 33 heteroatoms. The highest BCUT2D eigenvalue weighted by Crippen LogP contribution is 2.15. The zero-order valence-electron chi connectivity index (χ0n) is 41.4. The number of hydrogen-bond acceptors (Lipinski definition) is 17. The summed E-state index contributed by atoms with van der Waals surface area (Å²) in [4.78, 5) is 67.7. The van der Waals surface area contributed by atoms with Gasteiger partial charge in [-0.1, -0.05) is 64.1 Å². The van der Waals surface area contributed by atoms with E-state index in [4.69, 9.17) is 26.4 Å². The van der Waals surface area contributed by atoms with E-state index in [1.807, 2.05) is 24.3 Å². The first kappa shape index (κ1) is 74.5. The number of carboxylic acid groups (broad SMARTS) is 2. The van der Waals surface area contributed by atoms with Gasteiger partial charge in [0.25, 0.3) is 0 Å². The Balaban J connectivity index is -0.000000290. The summed E-state index contributed by atoms with van der Waals surface area (Å²) in [6.45, 7) is 0. The Labute approximate surface area is 460 Å². The minimum Gasteiger partial charge on any atom is -1.00 e. The lowest BCUT2D eigenvalue weighted by Crippen LogP contribution is -3.00. The van der Waals surface area contributed by atoms with Gasteiger partial charge < -0.3 is 88.7 Å². The number of terminal acetylenes is 1. The van der Waals surface area contributed by atoms with Crippen LogP contribution in [0, 0.1) is 12.3 Å². The number of halogens is 6. The average Bonchev–Trinajstić information content (AvgIpc) is 4.10. The average molecular weight is 1180 g/mol. The second-order valence-electron chi connectivity index (χ2n) is 13.0. The van der Waals surface area contributed by atoms with Crippen molar-refractivity contribution in [3.63, 3.8) is 0 Å². The number of methoxy groups -OCH3 is 4. The zero-order chi connectivity index (χ0) is 56.1. The number of carbonyl (C=O) groups is 6. The Morgan fingerprint density at radius 3 is 1.29 bits per heavy atom. The molecule has 0 spiro atoms. The molecule has 0 radical (unpaired) electrons. The molecule has 0 aliphatic heterocycles. The molecule has 2 heterocycles. The van der Waals surface area contributed by atoms with Crippen molar-refractivity contribution < 1.29 is 127 Å². The predicted octanol–water partition coefficient (Wildman–Crippen LogP) is -8.42. The summed E-state index contributed by atoms with van der Waals surface area (Å²) in [7, 11) is 12.5. The Bertz CT molecular complexity index is 2600. The predicted molar refractivity (Wildman–Crippen MR) is 255 cm³/mol. The quantitative estimate of drug-likeness (QED) is 0.00879. The molecule has 3 atom stereocenters. The van der Waals surface area contributed by atoms with Gasteiger partial charge in [-0.25, -0.2) is 42.3 Å². The summed E-state index contributed by atoms with van der Waals surface area (Å²) in [5.74, 6) is -2.17. The van der Waals surface area contributed by atoms with Crippen LogP contribution in [0.5, 0.6) is 0 Å². The lowest BCUT2D eigenvalue weighted by Gasteiger charge is -2.07. The van der Waals surface area contributed by atoms with Gasteiger partial charge >= 0.3 is 35.8 Å². The van der Waals surface area contributed by atoms with E-state index in [1.165, 1.54) is 50.2 Å². The molecular formula is C42H54Cl5FN12O14S. The van der Waals surface area contributed by atoms with E-state index in [2.05, 4.69) is 94.6 Å². The summed E-state index contributed by atoms with van der Waals surface area (Å²) in [6, 6.07) is 19.4. The number of quaternary nitrogens is 3. The van der Waals surface area contributed by atoms with Crippen molar-refractivity contribution in [2.45, 2.75) is 37.4 Å². The minimum absolute atomic E-state index is 0. The van der Waals surface area contributed by atoms with Gasteiger partial charge in [0.05, 0.1) is 60.7 Å². The number of carbonyl (C=O) groups excluding carboxylic acids is 4. The molecule has 26 nitrogen and oxygen atoms in total. The van der Waals surface area contributed by atoms with Gasteiger partial charge in [-0.3, -0.25) is 4.39 Å². The van der Waals surface area contributed by atoms with Crippen LogP contribution in [0.25, 0.3) is 21.8 Å². The number of benzene rings is 3. The Morgan fingerprint density at radius 2 is 1.04 bits per heavy atom. The smallest absolute Gasteiger partial charge is 0.383 e. The van der Waals surface area contributed by atoms with Crippen LogP contribution >= 0.6 is 21.4 Å². The monoisotopic (exact) mass is 1180 g/mol. The molecule has 2 aromatic heterocycles. The van der Waals surface area contributed by atoms with Crippen LogP contribution in [0.15, 0.2) is 90.3 Å². The maximum Gasteiger partial charge on any atom is 0.383 e. The van der Waals surface area contributed by atoms with Crippen molar-refractivity contribution in [2.75, 3.05) is 42.7 Å². The number of azide groups is 1. The molecule has 5 aromatic rings. The number of aliphatic hydroxyl groups excluding tert-OH is 1. The minimum atomic E-state index is -1.67. The summed E-state index contributed by atoms with van der Waals surface area (Å²) in [5, 5.41) is 43.0. The Hall–Kier alpha value is -7.00. The number of hydrogen-bond donors (Lipinski definition) is 6. The fourth-order valence-corrected chi connectivity index (χ4v) is 4.83. The highest BCUT2D eigenvalue weighted by molar-refractivity contribution is 8.26. The number of carboxylic acids is 2. The first-order chi connectivity index (χ1) is 34.6. The van der Waals surface area contributed by atoms with Crippen LogP contribution in [-0.4, -0.2) is 146 Å². The van der Waals surface area contributed by atoms with Crippen LogP contribution in [-0.2, 0) is 66.6 Å². The number of esters is 4. The van der Waals surface area contributed by atoms with Gasteiger partial charge in [-0.05, 0) is 46.5 Å². The van der Waals surface area contributed by atoms with Gasteiger partial charge in [0.1, 0.15) is 0 Å². The molecule has 0 aliphatic carbocycles. The second kappa shape index (κ2) is 44.5. The maximum absolute atomic E-state index is 11.3. The van der Waals surface area contributed by atoms with Crippen molar-refractivity contribution in [3.8, 4) is 23.7 Å². The standard InChI is InChI=1S/C14H16N4O4.C13H14N4O4.C9H10N4O2.C4H4O2.CH3F.CH4O.Cl2OS.3ClH/c1-21-13(19)11(15)7-9-3-5-10(6-4-9)18-8-12(16-17-18)14(20)22-2;1-21-13(20)11-7-17(16-15-11)9-4-2-8(3-5-9)6-10(14)12(18)19;10-8(9(14)15)5-6-1-3-7(4-2-6)12-13-11;1-3-4(5)6-2;2*1-2;1-4(2)3;;;/h3-6,8,11H,7,15H2,1-2H3;2-5,7,10H,6,14H2,1H3,(H,18,19);1-4,8H,5,10H2,(H,14,15);1H,2H3;1H3;2H,1H3;;3*1H/t11-;10-;8-;;;;;;;/m000......./s1/i;;;;1D;;;;;. The van der Waals surface area contributed by atoms with E-state index < -0.39 is 64.4 Å². The number of aliphatic hydroxyl groups is 1. The van der Waals surface area contributed by atoms with Crippen LogP contribution in [0.2, 0.25) is 0 Å². The summed E-state index contributed by atoms with van der Waals surface area (Å²) in [5.41, 5.74) is 23.9. The van der Waals surface area contributed by atoms with Crippen molar-refractivity contribution in [3.05, 3.63) is 124 Å². The number of rotatable bonds is 14. The van der Waals surface area contributed by atoms with E-state index in [9.17, 15) is 33.2 Å². The van der Waals surface area contributed by atoms with Crippen molar-refractivity contribution in [2.24, 2.45) is 5.11 Å². The van der Waals surface area contributed by atoms with Crippen molar-refractivity contribution >= 4 is 72.1 Å². The summed E-state index contributed by atoms with van der Waals surface area (Å²) < 4.78 is 45.3. The lowest BCUT2D eigenvalue weighted by molar-refractivity contribution is -0.407. The fourth-order valence-electron chi connectivity index (χ4n) is 4.83. The zero-order valence-corrected chi connectivity index (χ0v) is 45.0. The number of alkyl halides is 1. The van der Waals surface area contributed by atoms with Crippen molar-refractivity contribution in [1.29, 1.82) is 0 Å². The largest absolute Gasteiger partial charge is 1.00 e. The van der Waals surface area contributed by atoms with E-state index in [0.717, 1.165) is 29.5 Å². The molecule has 3 aromatic carbocycles. The molecule has 0 saturated carbocycles. The third-order valence-corrected chi connectivity index (χ3v) is 8.26.